The summed E-state index contributed by atoms with van der Waals surface area (Å²) < 4.78 is 5.69. The summed E-state index contributed by atoms with van der Waals surface area (Å²) in [6.07, 6.45) is 0. The zero-order chi connectivity index (χ0) is 13.4. The Labute approximate surface area is 112 Å². The molecule has 1 rings (SSSR count). The van der Waals surface area contributed by atoms with Gasteiger partial charge in [0.15, 0.2) is 0 Å². The van der Waals surface area contributed by atoms with Crippen LogP contribution in [-0.2, 0) is 9.53 Å². The lowest BCUT2D eigenvalue weighted by molar-refractivity contribution is -0.142. The van der Waals surface area contributed by atoms with E-state index in [9.17, 15) is 9.59 Å². The van der Waals surface area contributed by atoms with Crippen molar-refractivity contribution in [2.75, 3.05) is 25.1 Å². The van der Waals surface area contributed by atoms with Gasteiger partial charge in [-0.1, -0.05) is 15.9 Å². The Balaban J connectivity index is 2.17. The van der Waals surface area contributed by atoms with Crippen LogP contribution in [0, 0.1) is 0 Å². The predicted octanol–water partition coefficient (Wildman–Crippen LogP) is 1.67. The molecule has 0 aromatic heterocycles. The number of hydrogen-bond donors (Lipinski definition) is 3. The zero-order valence-electron chi connectivity index (χ0n) is 9.48. The fourth-order valence-corrected chi connectivity index (χ4v) is 1.37. The highest BCUT2D eigenvalue weighted by molar-refractivity contribution is 9.10. The standard InChI is InChI=1S/C11H13BrN2O4/c12-8-1-3-9(4-2-8)14-11(17)13-5-6-18-7-10(15)16/h1-4H,5-7H2,(H,15,16)(H2,13,14,17). The van der Waals surface area contributed by atoms with Crippen molar-refractivity contribution in [3.63, 3.8) is 0 Å². The number of nitrogens with one attached hydrogen (secondary N) is 2. The highest BCUT2D eigenvalue weighted by Gasteiger charge is 2.01. The summed E-state index contributed by atoms with van der Waals surface area (Å²) in [5, 5.41) is 13.5. The van der Waals surface area contributed by atoms with Crippen LogP contribution in [0.4, 0.5) is 10.5 Å². The van der Waals surface area contributed by atoms with Gasteiger partial charge in [-0.25, -0.2) is 9.59 Å². The molecule has 0 saturated heterocycles. The maximum atomic E-state index is 11.4. The summed E-state index contributed by atoms with van der Waals surface area (Å²) in [4.78, 5) is 21.5. The van der Waals surface area contributed by atoms with E-state index in [-0.39, 0.29) is 25.8 Å². The molecular weight excluding hydrogens is 304 g/mol. The van der Waals surface area contributed by atoms with Crippen LogP contribution in [-0.4, -0.2) is 36.9 Å². The number of halogens is 1. The highest BCUT2D eigenvalue weighted by Crippen LogP contribution is 2.13. The van der Waals surface area contributed by atoms with Crippen molar-refractivity contribution in [3.8, 4) is 0 Å². The Morgan fingerprint density at radius 1 is 1.28 bits per heavy atom. The molecule has 0 saturated carbocycles. The van der Waals surface area contributed by atoms with E-state index in [4.69, 9.17) is 9.84 Å². The van der Waals surface area contributed by atoms with E-state index in [0.717, 1.165) is 4.47 Å². The number of aliphatic carboxylic acids is 1. The molecule has 0 fully saturated rings. The quantitative estimate of drug-likeness (QED) is 0.697. The minimum atomic E-state index is -1.03. The second-order valence-corrected chi connectivity index (χ2v) is 4.25. The summed E-state index contributed by atoms with van der Waals surface area (Å²) in [6, 6.07) is 6.77. The topological polar surface area (TPSA) is 87.7 Å². The first kappa shape index (κ1) is 14.5. The SMILES string of the molecule is O=C(O)COCCNC(=O)Nc1ccc(Br)cc1. The number of amides is 2. The molecule has 0 spiro atoms. The predicted molar refractivity (Wildman–Crippen MR) is 69.6 cm³/mol. The van der Waals surface area contributed by atoms with Gasteiger partial charge in [-0.15, -0.1) is 0 Å². The van der Waals surface area contributed by atoms with Crippen LogP contribution in [0.5, 0.6) is 0 Å². The van der Waals surface area contributed by atoms with Gasteiger partial charge in [0, 0.05) is 16.7 Å². The number of carbonyl (C=O) groups excluding carboxylic acids is 1. The minimum Gasteiger partial charge on any atom is -0.480 e. The van der Waals surface area contributed by atoms with Gasteiger partial charge in [-0.05, 0) is 24.3 Å². The van der Waals surface area contributed by atoms with E-state index in [1.165, 1.54) is 0 Å². The van der Waals surface area contributed by atoms with Crippen molar-refractivity contribution in [3.05, 3.63) is 28.7 Å². The smallest absolute Gasteiger partial charge is 0.329 e. The number of urea groups is 1. The summed E-state index contributed by atoms with van der Waals surface area (Å²) in [7, 11) is 0. The van der Waals surface area contributed by atoms with E-state index in [1.807, 2.05) is 12.1 Å². The lowest BCUT2D eigenvalue weighted by Crippen LogP contribution is -2.31. The van der Waals surface area contributed by atoms with Crippen LogP contribution < -0.4 is 10.6 Å². The number of carboxylic acids is 1. The van der Waals surface area contributed by atoms with E-state index >= 15 is 0 Å². The fourth-order valence-electron chi connectivity index (χ4n) is 1.10. The number of benzene rings is 1. The van der Waals surface area contributed by atoms with E-state index < -0.39 is 5.97 Å². The van der Waals surface area contributed by atoms with Crippen LogP contribution in [0.1, 0.15) is 0 Å². The lowest BCUT2D eigenvalue weighted by atomic mass is 10.3. The normalized spacial score (nSPS) is 9.83. The van der Waals surface area contributed by atoms with Gasteiger partial charge in [-0.3, -0.25) is 0 Å². The van der Waals surface area contributed by atoms with Gasteiger partial charge < -0.3 is 20.5 Å². The third kappa shape index (κ3) is 6.21. The van der Waals surface area contributed by atoms with Crippen molar-refractivity contribution >= 4 is 33.6 Å². The molecule has 0 unspecified atom stereocenters. The second kappa shape index (κ2) is 7.67. The van der Waals surface area contributed by atoms with Gasteiger partial charge in [0.25, 0.3) is 0 Å². The Hall–Kier alpha value is -1.60. The van der Waals surface area contributed by atoms with Crippen molar-refractivity contribution in [1.82, 2.24) is 5.32 Å². The molecule has 1 aromatic rings. The molecular formula is C11H13BrN2O4. The van der Waals surface area contributed by atoms with Crippen LogP contribution in [0.2, 0.25) is 0 Å². The molecule has 0 aliphatic rings. The Kier molecular flexibility index (Phi) is 6.16. The summed E-state index contributed by atoms with van der Waals surface area (Å²) >= 11 is 3.29. The fraction of sp³-hybridized carbons (Fsp3) is 0.273. The molecule has 6 nitrogen and oxygen atoms in total. The van der Waals surface area contributed by atoms with Gasteiger partial charge in [0.2, 0.25) is 0 Å². The van der Waals surface area contributed by atoms with Crippen LogP contribution in [0.15, 0.2) is 28.7 Å². The lowest BCUT2D eigenvalue weighted by Gasteiger charge is -2.07. The maximum absolute atomic E-state index is 11.4. The van der Waals surface area contributed by atoms with Crippen LogP contribution in [0.25, 0.3) is 0 Å². The van der Waals surface area contributed by atoms with Gasteiger partial charge in [0.05, 0.1) is 6.61 Å². The van der Waals surface area contributed by atoms with E-state index in [1.54, 1.807) is 12.1 Å². The molecule has 0 atom stereocenters. The second-order valence-electron chi connectivity index (χ2n) is 3.33. The number of hydrogen-bond acceptors (Lipinski definition) is 3. The maximum Gasteiger partial charge on any atom is 0.329 e. The third-order valence-corrected chi connectivity index (χ3v) is 2.39. The van der Waals surface area contributed by atoms with Crippen LogP contribution >= 0.6 is 15.9 Å². The molecule has 2 amide bonds. The number of ether oxygens (including phenoxy) is 1. The average Bonchev–Trinajstić information content (AvgIpc) is 2.31. The largest absolute Gasteiger partial charge is 0.480 e. The summed E-state index contributed by atoms with van der Waals surface area (Å²) in [5.74, 6) is -1.03. The van der Waals surface area contributed by atoms with Crippen molar-refractivity contribution in [1.29, 1.82) is 0 Å². The summed E-state index contributed by atoms with van der Waals surface area (Å²) in [5.41, 5.74) is 0.669. The van der Waals surface area contributed by atoms with Crippen LogP contribution in [0.3, 0.4) is 0 Å². The van der Waals surface area contributed by atoms with Crippen molar-refractivity contribution < 1.29 is 19.4 Å². The van der Waals surface area contributed by atoms with E-state index in [0.29, 0.717) is 5.69 Å². The van der Waals surface area contributed by atoms with Gasteiger partial charge in [0.1, 0.15) is 6.61 Å². The molecule has 0 bridgehead atoms. The molecule has 18 heavy (non-hydrogen) atoms. The Morgan fingerprint density at radius 3 is 2.56 bits per heavy atom. The molecule has 0 aliphatic carbocycles. The average molecular weight is 317 g/mol. The van der Waals surface area contributed by atoms with Crippen molar-refractivity contribution in [2.24, 2.45) is 0 Å². The first-order valence-corrected chi connectivity index (χ1v) is 5.97. The minimum absolute atomic E-state index is 0.153. The van der Waals surface area contributed by atoms with E-state index in [2.05, 4.69) is 26.6 Å². The number of rotatable bonds is 6. The van der Waals surface area contributed by atoms with Gasteiger partial charge in [-0.2, -0.15) is 0 Å². The van der Waals surface area contributed by atoms with Gasteiger partial charge >= 0.3 is 12.0 Å². The zero-order valence-corrected chi connectivity index (χ0v) is 11.1. The first-order valence-electron chi connectivity index (χ1n) is 5.18. The van der Waals surface area contributed by atoms with Crippen molar-refractivity contribution in [2.45, 2.75) is 0 Å². The third-order valence-electron chi connectivity index (χ3n) is 1.86. The molecule has 0 aliphatic heterocycles. The summed E-state index contributed by atoms with van der Waals surface area (Å²) in [6.45, 7) is 0.0334. The molecule has 0 radical (unpaired) electrons. The molecule has 1 aromatic carbocycles. The molecule has 98 valence electrons. The highest BCUT2D eigenvalue weighted by atomic mass is 79.9. The molecule has 3 N–H and O–H groups in total. The Bertz CT molecular complexity index is 408. The first-order chi connectivity index (χ1) is 8.58. The molecule has 7 heteroatoms. The Morgan fingerprint density at radius 2 is 1.94 bits per heavy atom. The monoisotopic (exact) mass is 316 g/mol. The number of carbonyl (C=O) groups is 2. The number of anilines is 1. The molecule has 0 heterocycles. The number of carboxylic acid groups (broad SMARTS) is 1.